The van der Waals surface area contributed by atoms with Gasteiger partial charge < -0.3 is 10.6 Å². The maximum atomic E-state index is 11.8. The van der Waals surface area contributed by atoms with Crippen LogP contribution in [0.4, 0.5) is 0 Å². The van der Waals surface area contributed by atoms with Crippen LogP contribution in [-0.4, -0.2) is 25.0 Å². The van der Waals surface area contributed by atoms with E-state index in [2.05, 4.69) is 24.5 Å². The summed E-state index contributed by atoms with van der Waals surface area (Å²) in [5.41, 5.74) is 0.411. The number of rotatable bonds is 3. The van der Waals surface area contributed by atoms with Crippen LogP contribution in [0.15, 0.2) is 0 Å². The SMILES string of the molecule is CC1(C)CCCC(NC(=O)CC2CNC2)C1. The van der Waals surface area contributed by atoms with Crippen molar-refractivity contribution in [3.8, 4) is 0 Å². The molecular weight excluding hydrogens is 200 g/mol. The fourth-order valence-corrected chi connectivity index (χ4v) is 2.86. The number of carbonyl (C=O) groups excluding carboxylic acids is 1. The molecule has 0 aromatic heterocycles. The molecule has 3 heteroatoms. The van der Waals surface area contributed by atoms with Crippen LogP contribution in [0.2, 0.25) is 0 Å². The second kappa shape index (κ2) is 4.74. The Kier molecular flexibility index (Phi) is 3.53. The monoisotopic (exact) mass is 224 g/mol. The van der Waals surface area contributed by atoms with Crippen molar-refractivity contribution in [2.24, 2.45) is 11.3 Å². The summed E-state index contributed by atoms with van der Waals surface area (Å²) in [4.78, 5) is 11.8. The molecule has 0 aromatic rings. The lowest BCUT2D eigenvalue weighted by Gasteiger charge is -2.36. The van der Waals surface area contributed by atoms with Crippen molar-refractivity contribution in [3.63, 3.8) is 0 Å². The van der Waals surface area contributed by atoms with E-state index in [1.54, 1.807) is 0 Å². The first kappa shape index (κ1) is 11.9. The highest BCUT2D eigenvalue weighted by atomic mass is 16.1. The van der Waals surface area contributed by atoms with Gasteiger partial charge in [0.2, 0.25) is 5.91 Å². The maximum Gasteiger partial charge on any atom is 0.220 e. The summed E-state index contributed by atoms with van der Waals surface area (Å²) in [6, 6.07) is 0.421. The lowest BCUT2D eigenvalue weighted by molar-refractivity contribution is -0.123. The van der Waals surface area contributed by atoms with Gasteiger partial charge in [-0.25, -0.2) is 0 Å². The predicted octanol–water partition coefficient (Wildman–Crippen LogP) is 1.68. The zero-order valence-corrected chi connectivity index (χ0v) is 10.5. The zero-order valence-electron chi connectivity index (χ0n) is 10.5. The molecule has 2 aliphatic rings. The average molecular weight is 224 g/mol. The molecule has 1 amide bonds. The summed E-state index contributed by atoms with van der Waals surface area (Å²) in [5.74, 6) is 0.839. The number of nitrogens with one attached hydrogen (secondary N) is 2. The van der Waals surface area contributed by atoms with E-state index in [1.807, 2.05) is 0 Å². The molecule has 2 rings (SSSR count). The van der Waals surface area contributed by atoms with E-state index < -0.39 is 0 Å². The molecular formula is C13H24N2O. The summed E-state index contributed by atoms with van der Waals surface area (Å²) in [6.07, 6.45) is 5.57. The molecule has 1 heterocycles. The van der Waals surface area contributed by atoms with E-state index in [-0.39, 0.29) is 5.91 Å². The Hall–Kier alpha value is -0.570. The molecule has 92 valence electrons. The zero-order chi connectivity index (χ0) is 11.6. The third kappa shape index (κ3) is 3.21. The summed E-state index contributed by atoms with van der Waals surface area (Å²) < 4.78 is 0. The molecule has 3 nitrogen and oxygen atoms in total. The Labute approximate surface area is 98.4 Å². The van der Waals surface area contributed by atoms with Crippen LogP contribution in [0, 0.1) is 11.3 Å². The second-order valence-electron chi connectivity index (χ2n) is 6.25. The van der Waals surface area contributed by atoms with Crippen LogP contribution < -0.4 is 10.6 Å². The first-order chi connectivity index (χ1) is 7.55. The molecule has 1 saturated carbocycles. The molecule has 1 unspecified atom stereocenters. The van der Waals surface area contributed by atoms with Crippen LogP contribution in [-0.2, 0) is 4.79 Å². The van der Waals surface area contributed by atoms with E-state index in [0.717, 1.165) is 25.9 Å². The van der Waals surface area contributed by atoms with E-state index in [4.69, 9.17) is 0 Å². The second-order valence-corrected chi connectivity index (χ2v) is 6.25. The van der Waals surface area contributed by atoms with Gasteiger partial charge in [0.05, 0.1) is 0 Å². The van der Waals surface area contributed by atoms with E-state index in [9.17, 15) is 4.79 Å². The Morgan fingerprint density at radius 1 is 1.44 bits per heavy atom. The summed E-state index contributed by atoms with van der Waals surface area (Å²) in [6.45, 7) is 6.65. The molecule has 16 heavy (non-hydrogen) atoms. The van der Waals surface area contributed by atoms with Gasteiger partial charge in [-0.2, -0.15) is 0 Å². The molecule has 1 saturated heterocycles. The van der Waals surface area contributed by atoms with Gasteiger partial charge in [0.25, 0.3) is 0 Å². The van der Waals surface area contributed by atoms with Gasteiger partial charge >= 0.3 is 0 Å². The van der Waals surface area contributed by atoms with Gasteiger partial charge in [0, 0.05) is 12.5 Å². The molecule has 2 fully saturated rings. The fraction of sp³-hybridized carbons (Fsp3) is 0.923. The molecule has 1 aliphatic heterocycles. The smallest absolute Gasteiger partial charge is 0.220 e. The fourth-order valence-electron chi connectivity index (χ4n) is 2.86. The summed E-state index contributed by atoms with van der Waals surface area (Å²) in [5, 5.41) is 6.41. The Bertz CT molecular complexity index is 259. The van der Waals surface area contributed by atoms with E-state index in [0.29, 0.717) is 23.8 Å². The van der Waals surface area contributed by atoms with Crippen molar-refractivity contribution in [2.75, 3.05) is 13.1 Å². The summed E-state index contributed by atoms with van der Waals surface area (Å²) >= 11 is 0. The van der Waals surface area contributed by atoms with E-state index in [1.165, 1.54) is 12.8 Å². The van der Waals surface area contributed by atoms with E-state index >= 15 is 0 Å². The number of carbonyl (C=O) groups is 1. The maximum absolute atomic E-state index is 11.8. The van der Waals surface area contributed by atoms with Gasteiger partial charge in [0.15, 0.2) is 0 Å². The van der Waals surface area contributed by atoms with Gasteiger partial charge in [-0.15, -0.1) is 0 Å². The van der Waals surface area contributed by atoms with Crippen molar-refractivity contribution < 1.29 is 4.79 Å². The predicted molar refractivity (Wildman–Crippen MR) is 65.2 cm³/mol. The van der Waals surface area contributed by atoms with Crippen molar-refractivity contribution >= 4 is 5.91 Å². The quantitative estimate of drug-likeness (QED) is 0.766. The Morgan fingerprint density at radius 2 is 2.19 bits per heavy atom. The molecule has 0 radical (unpaired) electrons. The first-order valence-electron chi connectivity index (χ1n) is 6.55. The lowest BCUT2D eigenvalue weighted by Crippen LogP contribution is -2.47. The third-order valence-electron chi connectivity index (χ3n) is 3.91. The highest BCUT2D eigenvalue weighted by Crippen LogP contribution is 2.35. The summed E-state index contributed by atoms with van der Waals surface area (Å²) in [7, 11) is 0. The molecule has 0 bridgehead atoms. The number of amides is 1. The van der Waals surface area contributed by atoms with Crippen molar-refractivity contribution in [2.45, 2.75) is 52.0 Å². The van der Waals surface area contributed by atoms with Gasteiger partial charge in [-0.3, -0.25) is 4.79 Å². The molecule has 2 N–H and O–H groups in total. The van der Waals surface area contributed by atoms with Crippen molar-refractivity contribution in [1.29, 1.82) is 0 Å². The first-order valence-corrected chi connectivity index (χ1v) is 6.55. The minimum atomic E-state index is 0.259. The molecule has 1 aliphatic carbocycles. The van der Waals surface area contributed by atoms with Gasteiger partial charge in [0.1, 0.15) is 0 Å². The van der Waals surface area contributed by atoms with Crippen molar-refractivity contribution in [3.05, 3.63) is 0 Å². The number of hydrogen-bond acceptors (Lipinski definition) is 2. The Morgan fingerprint density at radius 3 is 2.75 bits per heavy atom. The number of hydrogen-bond donors (Lipinski definition) is 2. The highest BCUT2D eigenvalue weighted by Gasteiger charge is 2.29. The van der Waals surface area contributed by atoms with Crippen LogP contribution >= 0.6 is 0 Å². The van der Waals surface area contributed by atoms with Crippen LogP contribution in [0.5, 0.6) is 0 Å². The third-order valence-corrected chi connectivity index (χ3v) is 3.91. The standard InChI is InChI=1S/C13H24N2O/c1-13(2)5-3-4-11(7-13)15-12(16)6-10-8-14-9-10/h10-11,14H,3-9H2,1-2H3,(H,15,16). The molecule has 0 spiro atoms. The van der Waals surface area contributed by atoms with Crippen LogP contribution in [0.3, 0.4) is 0 Å². The normalized spacial score (nSPS) is 29.5. The lowest BCUT2D eigenvalue weighted by atomic mass is 9.75. The molecule has 1 atom stereocenters. The Balaban J connectivity index is 1.73. The molecule has 0 aromatic carbocycles. The average Bonchev–Trinajstić information content (AvgIpc) is 2.10. The largest absolute Gasteiger partial charge is 0.353 e. The van der Waals surface area contributed by atoms with Gasteiger partial charge in [-0.05, 0) is 43.7 Å². The minimum Gasteiger partial charge on any atom is -0.353 e. The highest BCUT2D eigenvalue weighted by molar-refractivity contribution is 5.76. The van der Waals surface area contributed by atoms with Crippen molar-refractivity contribution in [1.82, 2.24) is 10.6 Å². The topological polar surface area (TPSA) is 41.1 Å². The van der Waals surface area contributed by atoms with Gasteiger partial charge in [-0.1, -0.05) is 20.3 Å². The van der Waals surface area contributed by atoms with Crippen LogP contribution in [0.1, 0.15) is 46.0 Å². The minimum absolute atomic E-state index is 0.259. The van der Waals surface area contributed by atoms with Crippen LogP contribution in [0.25, 0.3) is 0 Å².